The highest BCUT2D eigenvalue weighted by atomic mass is 127. The van der Waals surface area contributed by atoms with Crippen LogP contribution in [0.2, 0.25) is 0 Å². The molecule has 1 fully saturated rings. The number of piperazine rings is 1. The highest BCUT2D eigenvalue weighted by Crippen LogP contribution is 2.13. The Morgan fingerprint density at radius 2 is 1.88 bits per heavy atom. The minimum absolute atomic E-state index is 0. The van der Waals surface area contributed by atoms with E-state index in [4.69, 9.17) is 4.52 Å². The summed E-state index contributed by atoms with van der Waals surface area (Å²) in [7, 11) is 1.81. The molecule has 0 saturated carbocycles. The summed E-state index contributed by atoms with van der Waals surface area (Å²) in [5, 5.41) is 7.39. The van der Waals surface area contributed by atoms with Crippen LogP contribution in [0.1, 0.15) is 17.0 Å². The van der Waals surface area contributed by atoms with Crippen molar-refractivity contribution in [2.75, 3.05) is 38.1 Å². The zero-order valence-electron chi connectivity index (χ0n) is 14.8. The maximum Gasteiger partial charge on any atom is 0.225 e. The smallest absolute Gasteiger partial charge is 0.225 e. The van der Waals surface area contributed by atoms with Crippen LogP contribution in [0.3, 0.4) is 0 Å². The van der Waals surface area contributed by atoms with E-state index in [1.54, 1.807) is 12.4 Å². The summed E-state index contributed by atoms with van der Waals surface area (Å²) in [6.07, 6.45) is 3.55. The average molecular weight is 457 g/mol. The molecule has 0 radical (unpaired) electrons. The molecule has 0 amide bonds. The van der Waals surface area contributed by atoms with E-state index in [-0.39, 0.29) is 24.0 Å². The lowest BCUT2D eigenvalue weighted by molar-refractivity contribution is 0.369. The van der Waals surface area contributed by atoms with Gasteiger partial charge in [0.2, 0.25) is 5.95 Å². The number of rotatable bonds is 3. The second-order valence-electron chi connectivity index (χ2n) is 5.73. The van der Waals surface area contributed by atoms with Crippen molar-refractivity contribution >= 4 is 35.9 Å². The van der Waals surface area contributed by atoms with Crippen LogP contribution < -0.4 is 10.2 Å². The van der Waals surface area contributed by atoms with Crippen LogP contribution in [0.15, 0.2) is 28.0 Å². The van der Waals surface area contributed by atoms with E-state index >= 15 is 0 Å². The molecule has 3 rings (SSSR count). The molecule has 2 aromatic heterocycles. The van der Waals surface area contributed by atoms with Crippen molar-refractivity contribution in [1.82, 2.24) is 25.3 Å². The lowest BCUT2D eigenvalue weighted by atomic mass is 10.2. The molecule has 3 heterocycles. The molecule has 2 aromatic rings. The number of hydrogen-bond donors (Lipinski definition) is 1. The van der Waals surface area contributed by atoms with Gasteiger partial charge in [0.1, 0.15) is 5.76 Å². The molecular formula is C16H24IN7O. The molecule has 25 heavy (non-hydrogen) atoms. The molecule has 0 unspecified atom stereocenters. The lowest BCUT2D eigenvalue weighted by Gasteiger charge is -2.36. The Labute approximate surface area is 164 Å². The Morgan fingerprint density at radius 3 is 2.44 bits per heavy atom. The standard InChI is InChI=1S/C16H23N7O.HI/c1-12-14(13(2)24-21-12)11-20-15(17-3)22-7-9-23(10-8-22)16-18-5-4-6-19-16;/h4-6H,7-11H2,1-3H3,(H,17,20);1H. The minimum Gasteiger partial charge on any atom is -0.361 e. The van der Waals surface area contributed by atoms with Crippen LogP contribution in [-0.4, -0.2) is 59.2 Å². The second-order valence-corrected chi connectivity index (χ2v) is 5.73. The highest BCUT2D eigenvalue weighted by Gasteiger charge is 2.21. The number of hydrogen-bond acceptors (Lipinski definition) is 6. The van der Waals surface area contributed by atoms with Crippen LogP contribution in [0, 0.1) is 13.8 Å². The van der Waals surface area contributed by atoms with E-state index < -0.39 is 0 Å². The van der Waals surface area contributed by atoms with Gasteiger partial charge in [-0.2, -0.15) is 0 Å². The predicted octanol–water partition coefficient (Wildman–Crippen LogP) is 1.60. The molecule has 1 N–H and O–H groups in total. The van der Waals surface area contributed by atoms with Crippen molar-refractivity contribution in [2.45, 2.75) is 20.4 Å². The molecule has 0 aliphatic carbocycles. The van der Waals surface area contributed by atoms with Gasteiger partial charge in [0.05, 0.1) is 5.69 Å². The van der Waals surface area contributed by atoms with Gasteiger partial charge in [0.15, 0.2) is 5.96 Å². The quantitative estimate of drug-likeness (QED) is 0.426. The molecule has 0 aromatic carbocycles. The summed E-state index contributed by atoms with van der Waals surface area (Å²) in [5.74, 6) is 2.53. The molecule has 1 aliphatic heterocycles. The first-order valence-electron chi connectivity index (χ1n) is 8.08. The highest BCUT2D eigenvalue weighted by molar-refractivity contribution is 14.0. The van der Waals surface area contributed by atoms with E-state index in [1.807, 2.05) is 27.0 Å². The largest absolute Gasteiger partial charge is 0.361 e. The third-order valence-corrected chi connectivity index (χ3v) is 4.23. The first-order valence-corrected chi connectivity index (χ1v) is 8.08. The second kappa shape index (κ2) is 8.97. The molecule has 0 bridgehead atoms. The van der Waals surface area contributed by atoms with Crippen LogP contribution in [0.5, 0.6) is 0 Å². The number of aromatic nitrogens is 3. The van der Waals surface area contributed by atoms with Gasteiger partial charge in [0, 0.05) is 57.7 Å². The third-order valence-electron chi connectivity index (χ3n) is 4.23. The van der Waals surface area contributed by atoms with Crippen molar-refractivity contribution < 1.29 is 4.52 Å². The van der Waals surface area contributed by atoms with E-state index in [2.05, 4.69) is 35.2 Å². The lowest BCUT2D eigenvalue weighted by Crippen LogP contribution is -2.52. The Bertz CT molecular complexity index is 676. The van der Waals surface area contributed by atoms with Gasteiger partial charge in [-0.1, -0.05) is 5.16 Å². The Hall–Kier alpha value is -1.91. The van der Waals surface area contributed by atoms with Gasteiger partial charge in [-0.05, 0) is 19.9 Å². The zero-order chi connectivity index (χ0) is 16.9. The maximum atomic E-state index is 5.21. The summed E-state index contributed by atoms with van der Waals surface area (Å²) in [4.78, 5) is 17.5. The number of nitrogens with zero attached hydrogens (tertiary/aromatic N) is 6. The maximum absolute atomic E-state index is 5.21. The SMILES string of the molecule is CN=C(NCc1c(C)noc1C)N1CCN(c2ncccn2)CC1.I. The molecule has 1 aliphatic rings. The molecule has 136 valence electrons. The number of aryl methyl sites for hydroxylation is 2. The predicted molar refractivity (Wildman–Crippen MR) is 107 cm³/mol. The van der Waals surface area contributed by atoms with E-state index in [9.17, 15) is 0 Å². The molecule has 8 nitrogen and oxygen atoms in total. The molecular weight excluding hydrogens is 433 g/mol. The monoisotopic (exact) mass is 457 g/mol. The summed E-state index contributed by atoms with van der Waals surface area (Å²) in [6, 6.07) is 1.83. The fourth-order valence-electron chi connectivity index (χ4n) is 2.83. The average Bonchev–Trinajstić information content (AvgIpc) is 2.95. The van der Waals surface area contributed by atoms with Crippen LogP contribution in [0.25, 0.3) is 0 Å². The summed E-state index contributed by atoms with van der Waals surface area (Å²) >= 11 is 0. The van der Waals surface area contributed by atoms with E-state index in [0.717, 1.165) is 55.1 Å². The number of guanidine groups is 1. The van der Waals surface area contributed by atoms with Gasteiger partial charge >= 0.3 is 0 Å². The van der Waals surface area contributed by atoms with E-state index in [0.29, 0.717) is 6.54 Å². The van der Waals surface area contributed by atoms with Crippen molar-refractivity contribution in [3.63, 3.8) is 0 Å². The van der Waals surface area contributed by atoms with E-state index in [1.165, 1.54) is 0 Å². The Balaban J connectivity index is 0.00000225. The molecule has 1 saturated heterocycles. The third kappa shape index (κ3) is 4.59. The summed E-state index contributed by atoms with van der Waals surface area (Å²) in [5.41, 5.74) is 2.01. The first kappa shape index (κ1) is 19.4. The normalized spacial score (nSPS) is 15.1. The van der Waals surface area contributed by atoms with Crippen LogP contribution in [0.4, 0.5) is 5.95 Å². The number of nitrogens with one attached hydrogen (secondary N) is 1. The van der Waals surface area contributed by atoms with Crippen LogP contribution in [-0.2, 0) is 6.54 Å². The van der Waals surface area contributed by atoms with Gasteiger partial charge in [-0.15, -0.1) is 24.0 Å². The molecule has 9 heteroatoms. The van der Waals surface area contributed by atoms with Gasteiger partial charge < -0.3 is 19.6 Å². The van der Waals surface area contributed by atoms with Gasteiger partial charge in [-0.25, -0.2) is 9.97 Å². The fraction of sp³-hybridized carbons (Fsp3) is 0.500. The fourth-order valence-corrected chi connectivity index (χ4v) is 2.83. The minimum atomic E-state index is 0. The van der Waals surface area contributed by atoms with Crippen molar-refractivity contribution in [3.8, 4) is 0 Å². The zero-order valence-corrected chi connectivity index (χ0v) is 17.1. The summed E-state index contributed by atoms with van der Waals surface area (Å²) in [6.45, 7) is 8.04. The van der Waals surface area contributed by atoms with Gasteiger partial charge in [0.25, 0.3) is 0 Å². The van der Waals surface area contributed by atoms with Crippen molar-refractivity contribution in [1.29, 1.82) is 0 Å². The Kier molecular flexibility index (Phi) is 6.97. The summed E-state index contributed by atoms with van der Waals surface area (Å²) < 4.78 is 5.21. The van der Waals surface area contributed by atoms with Crippen molar-refractivity contribution in [2.24, 2.45) is 4.99 Å². The molecule has 0 spiro atoms. The number of aliphatic imine (C=N–C) groups is 1. The number of anilines is 1. The first-order chi connectivity index (χ1) is 11.7. The molecule has 0 atom stereocenters. The Morgan fingerprint density at radius 1 is 1.20 bits per heavy atom. The number of halogens is 1. The van der Waals surface area contributed by atoms with Gasteiger partial charge in [-0.3, -0.25) is 4.99 Å². The van der Waals surface area contributed by atoms with Crippen molar-refractivity contribution in [3.05, 3.63) is 35.5 Å². The topological polar surface area (TPSA) is 82.7 Å². The van der Waals surface area contributed by atoms with Crippen LogP contribution >= 0.6 is 24.0 Å².